The third-order valence-electron chi connectivity index (χ3n) is 5.00. The standard InChI is InChI=1S/C15H23F2NO3/c1-2-20-12-9-14(21-10-12)3-5-18(6-4-14)13(19)11-7-15(16,17)8-11/h11-12H,2-10H2,1H3. The number of amides is 1. The number of hydrogen-bond donors (Lipinski definition) is 0. The van der Waals surface area contributed by atoms with Gasteiger partial charge in [0.1, 0.15) is 0 Å². The number of carbonyl (C=O) groups excluding carboxylic acids is 1. The number of nitrogens with zero attached hydrogens (tertiary/aromatic N) is 1. The van der Waals surface area contributed by atoms with Gasteiger partial charge in [-0.25, -0.2) is 8.78 Å². The molecule has 0 aromatic rings. The van der Waals surface area contributed by atoms with Gasteiger partial charge in [0, 0.05) is 44.9 Å². The van der Waals surface area contributed by atoms with Crippen LogP contribution in [0.2, 0.25) is 0 Å². The number of halogens is 2. The lowest BCUT2D eigenvalue weighted by molar-refractivity contribution is -0.163. The maximum Gasteiger partial charge on any atom is 0.249 e. The molecule has 2 aliphatic heterocycles. The average molecular weight is 303 g/mol. The molecule has 0 N–H and O–H groups in total. The molecule has 1 aliphatic carbocycles. The topological polar surface area (TPSA) is 38.8 Å². The van der Waals surface area contributed by atoms with E-state index in [4.69, 9.17) is 9.47 Å². The zero-order valence-electron chi connectivity index (χ0n) is 12.4. The summed E-state index contributed by atoms with van der Waals surface area (Å²) in [5.41, 5.74) is -0.167. The van der Waals surface area contributed by atoms with E-state index in [1.165, 1.54) is 0 Å². The van der Waals surface area contributed by atoms with Crippen LogP contribution in [0.4, 0.5) is 8.78 Å². The van der Waals surface area contributed by atoms with Gasteiger partial charge in [-0.05, 0) is 19.8 Å². The lowest BCUT2D eigenvalue weighted by Gasteiger charge is -2.42. The van der Waals surface area contributed by atoms with Crippen molar-refractivity contribution in [3.8, 4) is 0 Å². The highest BCUT2D eigenvalue weighted by Gasteiger charge is 2.51. The summed E-state index contributed by atoms with van der Waals surface area (Å²) < 4.78 is 37.3. The summed E-state index contributed by atoms with van der Waals surface area (Å²) in [4.78, 5) is 13.9. The minimum absolute atomic E-state index is 0.102. The Morgan fingerprint density at radius 2 is 1.95 bits per heavy atom. The predicted molar refractivity (Wildman–Crippen MR) is 72.2 cm³/mol. The van der Waals surface area contributed by atoms with Crippen molar-refractivity contribution < 1.29 is 23.0 Å². The average Bonchev–Trinajstić information content (AvgIpc) is 2.80. The van der Waals surface area contributed by atoms with Gasteiger partial charge in [-0.1, -0.05) is 0 Å². The monoisotopic (exact) mass is 303 g/mol. The Hall–Kier alpha value is -0.750. The lowest BCUT2D eigenvalue weighted by Crippen LogP contribution is -2.52. The molecule has 3 rings (SSSR count). The van der Waals surface area contributed by atoms with Crippen LogP contribution in [0.5, 0.6) is 0 Å². The second-order valence-electron chi connectivity index (χ2n) is 6.56. The predicted octanol–water partition coefficient (Wildman–Crippen LogP) is 2.22. The number of carbonyl (C=O) groups is 1. The first-order valence-electron chi connectivity index (χ1n) is 7.85. The number of rotatable bonds is 3. The van der Waals surface area contributed by atoms with E-state index in [0.717, 1.165) is 19.3 Å². The van der Waals surface area contributed by atoms with Gasteiger partial charge in [0.2, 0.25) is 11.8 Å². The van der Waals surface area contributed by atoms with Crippen molar-refractivity contribution in [1.29, 1.82) is 0 Å². The number of likely N-dealkylation sites (tertiary alicyclic amines) is 1. The highest BCUT2D eigenvalue weighted by molar-refractivity contribution is 5.80. The van der Waals surface area contributed by atoms with E-state index in [1.807, 2.05) is 6.92 Å². The maximum atomic E-state index is 12.9. The van der Waals surface area contributed by atoms with Crippen LogP contribution in [0.15, 0.2) is 0 Å². The zero-order chi connectivity index (χ0) is 15.1. The largest absolute Gasteiger partial charge is 0.376 e. The van der Waals surface area contributed by atoms with Crippen LogP contribution in [0.25, 0.3) is 0 Å². The van der Waals surface area contributed by atoms with E-state index in [9.17, 15) is 13.6 Å². The molecule has 2 heterocycles. The van der Waals surface area contributed by atoms with Gasteiger partial charge >= 0.3 is 0 Å². The summed E-state index contributed by atoms with van der Waals surface area (Å²) in [5.74, 6) is -3.21. The Bertz CT molecular complexity index is 400. The van der Waals surface area contributed by atoms with E-state index < -0.39 is 11.8 Å². The number of alkyl halides is 2. The molecule has 0 bridgehead atoms. The molecule has 1 amide bonds. The normalized spacial score (nSPS) is 31.4. The Balaban J connectivity index is 1.48. The van der Waals surface area contributed by atoms with Crippen LogP contribution in [0, 0.1) is 5.92 Å². The molecule has 2 saturated heterocycles. The first-order valence-corrected chi connectivity index (χ1v) is 7.85. The summed E-state index contributed by atoms with van der Waals surface area (Å²) >= 11 is 0. The molecule has 21 heavy (non-hydrogen) atoms. The first-order chi connectivity index (χ1) is 9.93. The van der Waals surface area contributed by atoms with Crippen LogP contribution < -0.4 is 0 Å². The fourth-order valence-electron chi connectivity index (χ4n) is 3.72. The van der Waals surface area contributed by atoms with Crippen molar-refractivity contribution in [3.05, 3.63) is 0 Å². The Labute approximate surface area is 123 Å². The fourth-order valence-corrected chi connectivity index (χ4v) is 3.72. The van der Waals surface area contributed by atoms with Gasteiger partial charge in [0.05, 0.1) is 18.3 Å². The number of ether oxygens (including phenoxy) is 2. The van der Waals surface area contributed by atoms with Crippen LogP contribution in [-0.2, 0) is 14.3 Å². The molecule has 3 aliphatic rings. The van der Waals surface area contributed by atoms with Gasteiger partial charge in [0.15, 0.2) is 0 Å². The third-order valence-corrected chi connectivity index (χ3v) is 5.00. The van der Waals surface area contributed by atoms with Crippen molar-refractivity contribution in [2.75, 3.05) is 26.3 Å². The van der Waals surface area contributed by atoms with Crippen LogP contribution in [-0.4, -0.2) is 54.7 Å². The minimum Gasteiger partial charge on any atom is -0.376 e. The quantitative estimate of drug-likeness (QED) is 0.802. The second-order valence-corrected chi connectivity index (χ2v) is 6.56. The van der Waals surface area contributed by atoms with E-state index in [-0.39, 0.29) is 30.5 Å². The molecule has 3 fully saturated rings. The minimum atomic E-state index is -2.63. The summed E-state index contributed by atoms with van der Waals surface area (Å²) in [5, 5.41) is 0. The highest BCUT2D eigenvalue weighted by Crippen LogP contribution is 2.44. The lowest BCUT2D eigenvalue weighted by atomic mass is 9.79. The van der Waals surface area contributed by atoms with E-state index in [1.54, 1.807) is 4.90 Å². The van der Waals surface area contributed by atoms with Crippen molar-refractivity contribution in [3.63, 3.8) is 0 Å². The maximum absolute atomic E-state index is 12.9. The molecule has 0 aromatic heterocycles. The zero-order valence-corrected chi connectivity index (χ0v) is 12.4. The summed E-state index contributed by atoms with van der Waals surface area (Å²) in [6, 6.07) is 0. The van der Waals surface area contributed by atoms with E-state index in [0.29, 0.717) is 26.3 Å². The molecule has 1 saturated carbocycles. The molecular formula is C15H23F2NO3. The van der Waals surface area contributed by atoms with Crippen LogP contribution in [0.1, 0.15) is 39.0 Å². The number of hydrogen-bond acceptors (Lipinski definition) is 3. The van der Waals surface area contributed by atoms with Gasteiger partial charge in [0.25, 0.3) is 0 Å². The van der Waals surface area contributed by atoms with Gasteiger partial charge in [-0.2, -0.15) is 0 Å². The fraction of sp³-hybridized carbons (Fsp3) is 0.933. The van der Waals surface area contributed by atoms with Crippen molar-refractivity contribution >= 4 is 5.91 Å². The second kappa shape index (κ2) is 5.47. The Morgan fingerprint density at radius 3 is 2.52 bits per heavy atom. The molecule has 120 valence electrons. The van der Waals surface area contributed by atoms with Crippen LogP contribution in [0.3, 0.4) is 0 Å². The first kappa shape index (κ1) is 15.2. The number of piperidine rings is 1. The molecule has 0 aromatic carbocycles. The van der Waals surface area contributed by atoms with Crippen molar-refractivity contribution in [1.82, 2.24) is 4.90 Å². The summed E-state index contributed by atoms with van der Waals surface area (Å²) in [6.07, 6.45) is 2.04. The van der Waals surface area contributed by atoms with E-state index in [2.05, 4.69) is 0 Å². The van der Waals surface area contributed by atoms with Crippen LogP contribution >= 0.6 is 0 Å². The van der Waals surface area contributed by atoms with Crippen molar-refractivity contribution in [2.45, 2.75) is 56.7 Å². The van der Waals surface area contributed by atoms with Crippen molar-refractivity contribution in [2.24, 2.45) is 5.92 Å². The molecule has 1 atom stereocenters. The summed E-state index contributed by atoms with van der Waals surface area (Å²) in [7, 11) is 0. The highest BCUT2D eigenvalue weighted by atomic mass is 19.3. The Morgan fingerprint density at radius 1 is 1.29 bits per heavy atom. The molecule has 4 nitrogen and oxygen atoms in total. The molecule has 1 spiro atoms. The Kier molecular flexibility index (Phi) is 3.94. The van der Waals surface area contributed by atoms with Gasteiger partial charge in [-0.15, -0.1) is 0 Å². The molecular weight excluding hydrogens is 280 g/mol. The van der Waals surface area contributed by atoms with Gasteiger partial charge in [-0.3, -0.25) is 4.79 Å². The smallest absolute Gasteiger partial charge is 0.249 e. The molecule has 1 unspecified atom stereocenters. The molecule has 0 radical (unpaired) electrons. The SMILES string of the molecule is CCOC1COC2(CCN(C(=O)C3CC(F)(F)C3)CC2)C1. The van der Waals surface area contributed by atoms with Gasteiger partial charge < -0.3 is 14.4 Å². The molecule has 6 heteroatoms. The van der Waals surface area contributed by atoms with E-state index >= 15 is 0 Å². The summed E-state index contributed by atoms with van der Waals surface area (Å²) in [6.45, 7) is 4.50. The third kappa shape index (κ3) is 3.06.